The largest absolute Gasteiger partial charge is 0.345 e. The summed E-state index contributed by atoms with van der Waals surface area (Å²) < 4.78 is 0. The van der Waals surface area contributed by atoms with Crippen molar-refractivity contribution in [2.45, 2.75) is 19.4 Å². The smallest absolute Gasteiger partial charge is 0.270 e. The van der Waals surface area contributed by atoms with Crippen LogP contribution in [0.15, 0.2) is 18.3 Å². The van der Waals surface area contributed by atoms with Crippen molar-refractivity contribution in [3.8, 4) is 6.07 Å². The first-order valence-electron chi connectivity index (χ1n) is 4.73. The first-order valence-corrected chi connectivity index (χ1v) is 5.85. The van der Waals surface area contributed by atoms with Gasteiger partial charge in [-0.15, -0.1) is 0 Å². The van der Waals surface area contributed by atoms with E-state index in [0.717, 1.165) is 0 Å². The Morgan fingerprint density at radius 3 is 2.75 bits per heavy atom. The fourth-order valence-electron chi connectivity index (χ4n) is 0.999. The average molecular weight is 282 g/mol. The summed E-state index contributed by atoms with van der Waals surface area (Å²) >= 11 is 3.32. The number of amides is 1. The summed E-state index contributed by atoms with van der Waals surface area (Å²) in [5, 5.41) is 12.1. The van der Waals surface area contributed by atoms with Crippen LogP contribution in [0, 0.1) is 11.3 Å². The zero-order valence-electron chi connectivity index (χ0n) is 9.12. The van der Waals surface area contributed by atoms with Gasteiger partial charge in [0.15, 0.2) is 0 Å². The maximum atomic E-state index is 11.7. The molecule has 1 rings (SSSR count). The molecule has 1 heterocycles. The van der Waals surface area contributed by atoms with Crippen molar-refractivity contribution in [3.63, 3.8) is 0 Å². The number of carbonyl (C=O) groups is 1. The Labute approximate surface area is 103 Å². The summed E-state index contributed by atoms with van der Waals surface area (Å²) in [5.74, 6) is -0.242. The Morgan fingerprint density at radius 1 is 1.62 bits per heavy atom. The van der Waals surface area contributed by atoms with E-state index in [9.17, 15) is 4.79 Å². The van der Waals surface area contributed by atoms with E-state index in [0.29, 0.717) is 16.6 Å². The molecule has 0 unspecified atom stereocenters. The predicted octanol–water partition coefficient (Wildman–Crippen LogP) is 1.86. The first kappa shape index (κ1) is 12.7. The SMILES string of the molecule is CC(C)(CBr)NC(=O)c1ccc(C#N)cn1. The number of nitrogens with zero attached hydrogens (tertiary/aromatic N) is 2. The quantitative estimate of drug-likeness (QED) is 0.860. The van der Waals surface area contributed by atoms with Gasteiger partial charge in [0.1, 0.15) is 11.8 Å². The number of aromatic nitrogens is 1. The minimum atomic E-state index is -0.327. The summed E-state index contributed by atoms with van der Waals surface area (Å²) in [5.41, 5.74) is 0.427. The van der Waals surface area contributed by atoms with Crippen LogP contribution in [-0.2, 0) is 0 Å². The molecule has 0 bridgehead atoms. The number of carbonyl (C=O) groups excluding carboxylic acids is 1. The molecule has 1 aromatic rings. The minimum Gasteiger partial charge on any atom is -0.345 e. The summed E-state index contributed by atoms with van der Waals surface area (Å²) in [6.07, 6.45) is 1.38. The molecule has 0 saturated carbocycles. The molecule has 0 saturated heterocycles. The number of alkyl halides is 1. The number of rotatable bonds is 3. The Bertz CT molecular complexity index is 420. The van der Waals surface area contributed by atoms with Gasteiger partial charge in [-0.25, -0.2) is 4.98 Å². The molecule has 4 nitrogen and oxygen atoms in total. The van der Waals surface area contributed by atoms with E-state index >= 15 is 0 Å². The van der Waals surface area contributed by atoms with Gasteiger partial charge in [-0.2, -0.15) is 5.26 Å². The molecular weight excluding hydrogens is 270 g/mol. The fraction of sp³-hybridized carbons (Fsp3) is 0.364. The van der Waals surface area contributed by atoms with Crippen molar-refractivity contribution in [2.24, 2.45) is 0 Å². The monoisotopic (exact) mass is 281 g/mol. The number of pyridine rings is 1. The molecule has 0 aromatic carbocycles. The molecule has 5 heteroatoms. The summed E-state index contributed by atoms with van der Waals surface area (Å²) in [7, 11) is 0. The number of halogens is 1. The Balaban J connectivity index is 2.78. The fourth-order valence-corrected chi connectivity index (χ4v) is 1.14. The lowest BCUT2D eigenvalue weighted by atomic mass is 10.1. The van der Waals surface area contributed by atoms with Crippen molar-refractivity contribution in [1.82, 2.24) is 10.3 Å². The zero-order chi connectivity index (χ0) is 12.2. The van der Waals surface area contributed by atoms with E-state index < -0.39 is 0 Å². The number of hydrogen-bond acceptors (Lipinski definition) is 3. The second-order valence-corrected chi connectivity index (χ2v) is 4.58. The maximum Gasteiger partial charge on any atom is 0.270 e. The number of nitrogens with one attached hydrogen (secondary N) is 1. The molecule has 0 aliphatic carbocycles. The topological polar surface area (TPSA) is 65.8 Å². The lowest BCUT2D eigenvalue weighted by Crippen LogP contribution is -2.45. The van der Waals surface area contributed by atoms with Gasteiger partial charge in [0.25, 0.3) is 5.91 Å². The molecule has 0 fully saturated rings. The Kier molecular flexibility index (Phi) is 4.02. The molecule has 16 heavy (non-hydrogen) atoms. The lowest BCUT2D eigenvalue weighted by molar-refractivity contribution is 0.0916. The van der Waals surface area contributed by atoms with Crippen LogP contribution in [0.4, 0.5) is 0 Å². The lowest BCUT2D eigenvalue weighted by Gasteiger charge is -2.23. The average Bonchev–Trinajstić information content (AvgIpc) is 2.28. The highest BCUT2D eigenvalue weighted by Crippen LogP contribution is 2.08. The highest BCUT2D eigenvalue weighted by molar-refractivity contribution is 9.09. The standard InChI is InChI=1S/C11H12BrN3O/c1-11(2,7-12)15-10(16)9-4-3-8(5-13)6-14-9/h3-4,6H,7H2,1-2H3,(H,15,16). The van der Waals surface area contributed by atoms with Gasteiger partial charge in [0.2, 0.25) is 0 Å². The first-order chi connectivity index (χ1) is 7.48. The molecule has 0 atom stereocenters. The van der Waals surface area contributed by atoms with Crippen molar-refractivity contribution < 1.29 is 4.79 Å². The molecule has 1 aromatic heterocycles. The van der Waals surface area contributed by atoms with Gasteiger partial charge >= 0.3 is 0 Å². The van der Waals surface area contributed by atoms with Gasteiger partial charge in [0.05, 0.1) is 5.56 Å². The molecule has 0 aliphatic heterocycles. The van der Waals surface area contributed by atoms with Gasteiger partial charge < -0.3 is 5.32 Å². The van der Waals surface area contributed by atoms with Crippen LogP contribution in [0.5, 0.6) is 0 Å². The van der Waals surface area contributed by atoms with Crippen molar-refractivity contribution >= 4 is 21.8 Å². The highest BCUT2D eigenvalue weighted by atomic mass is 79.9. The van der Waals surface area contributed by atoms with Crippen LogP contribution in [0.1, 0.15) is 29.9 Å². The summed E-state index contributed by atoms with van der Waals surface area (Å²) in [6, 6.07) is 5.06. The second kappa shape index (κ2) is 5.08. The molecule has 0 spiro atoms. The van der Waals surface area contributed by atoms with Crippen LogP contribution in [0.3, 0.4) is 0 Å². The Hall–Kier alpha value is -1.41. The highest BCUT2D eigenvalue weighted by Gasteiger charge is 2.20. The number of hydrogen-bond donors (Lipinski definition) is 1. The third kappa shape index (κ3) is 3.31. The van der Waals surface area contributed by atoms with E-state index in [1.54, 1.807) is 6.07 Å². The molecule has 84 valence electrons. The van der Waals surface area contributed by atoms with Crippen LogP contribution in [-0.4, -0.2) is 21.8 Å². The molecule has 0 radical (unpaired) electrons. The zero-order valence-corrected chi connectivity index (χ0v) is 10.7. The van der Waals surface area contributed by atoms with Crippen LogP contribution in [0.25, 0.3) is 0 Å². The van der Waals surface area contributed by atoms with E-state index in [4.69, 9.17) is 5.26 Å². The molecule has 0 aliphatic rings. The van der Waals surface area contributed by atoms with Gasteiger partial charge in [0, 0.05) is 17.1 Å². The molecule has 1 N–H and O–H groups in total. The van der Waals surface area contributed by atoms with Crippen LogP contribution >= 0.6 is 15.9 Å². The third-order valence-corrected chi connectivity index (χ3v) is 3.31. The second-order valence-electron chi connectivity index (χ2n) is 4.02. The van der Waals surface area contributed by atoms with Crippen LogP contribution in [0.2, 0.25) is 0 Å². The van der Waals surface area contributed by atoms with E-state index in [1.165, 1.54) is 12.3 Å². The minimum absolute atomic E-state index is 0.242. The van der Waals surface area contributed by atoms with Crippen molar-refractivity contribution in [3.05, 3.63) is 29.6 Å². The van der Waals surface area contributed by atoms with Crippen molar-refractivity contribution in [2.75, 3.05) is 5.33 Å². The van der Waals surface area contributed by atoms with E-state index in [2.05, 4.69) is 26.2 Å². The van der Waals surface area contributed by atoms with Crippen molar-refractivity contribution in [1.29, 1.82) is 5.26 Å². The molecular formula is C11H12BrN3O. The number of nitriles is 1. The van der Waals surface area contributed by atoms with E-state index in [-0.39, 0.29) is 11.4 Å². The molecule has 1 amide bonds. The van der Waals surface area contributed by atoms with Gasteiger partial charge in [-0.1, -0.05) is 15.9 Å². The van der Waals surface area contributed by atoms with Gasteiger partial charge in [-0.05, 0) is 26.0 Å². The summed E-state index contributed by atoms with van der Waals surface area (Å²) in [4.78, 5) is 15.7. The van der Waals surface area contributed by atoms with E-state index in [1.807, 2.05) is 19.9 Å². The maximum absolute atomic E-state index is 11.7. The predicted molar refractivity (Wildman–Crippen MR) is 64.3 cm³/mol. The normalized spacial score (nSPS) is 10.6. The van der Waals surface area contributed by atoms with Crippen LogP contribution < -0.4 is 5.32 Å². The third-order valence-electron chi connectivity index (χ3n) is 1.91. The Morgan fingerprint density at radius 2 is 2.31 bits per heavy atom. The van der Waals surface area contributed by atoms with Gasteiger partial charge in [-0.3, -0.25) is 4.79 Å². The summed E-state index contributed by atoms with van der Waals surface area (Å²) in [6.45, 7) is 3.81.